The first kappa shape index (κ1) is 32.0. The lowest BCUT2D eigenvalue weighted by molar-refractivity contribution is -0.0513. The molecule has 2 N–H and O–H groups in total. The average Bonchev–Trinajstić information content (AvgIpc) is 3.80. The van der Waals surface area contributed by atoms with E-state index in [1.807, 2.05) is 41.3 Å². The van der Waals surface area contributed by atoms with E-state index in [-0.39, 0.29) is 47.2 Å². The molecule has 48 heavy (non-hydrogen) atoms. The number of anilines is 1. The Morgan fingerprint density at radius 2 is 1.10 bits per heavy atom. The van der Waals surface area contributed by atoms with Crippen LogP contribution >= 0.6 is 15.9 Å². The largest absolute Gasteiger partial charge is 0.435 e. The molecule has 0 spiro atoms. The zero-order chi connectivity index (χ0) is 33.7. The summed E-state index contributed by atoms with van der Waals surface area (Å²) < 4.78 is 61.1. The van der Waals surface area contributed by atoms with Gasteiger partial charge in [-0.1, -0.05) is 52.3 Å². The summed E-state index contributed by atoms with van der Waals surface area (Å²) in [7, 11) is 0. The number of nitrogens with zero attached hydrogens (tertiary/aromatic N) is 2. The van der Waals surface area contributed by atoms with E-state index in [2.05, 4.69) is 20.7 Å². The first-order valence-electron chi connectivity index (χ1n) is 15.5. The summed E-state index contributed by atoms with van der Waals surface area (Å²) in [6.45, 7) is -4.54. The maximum atomic E-state index is 12.7. The number of amides is 2. The van der Waals surface area contributed by atoms with Crippen LogP contribution in [0.15, 0.2) is 89.4 Å². The minimum absolute atomic E-state index is 0.0114. The van der Waals surface area contributed by atoms with E-state index >= 15 is 0 Å². The molecule has 4 aromatic rings. The number of benzene rings is 4. The van der Waals surface area contributed by atoms with Crippen molar-refractivity contribution in [2.45, 2.75) is 50.0 Å². The van der Waals surface area contributed by atoms with Crippen molar-refractivity contribution in [2.24, 2.45) is 0 Å². The fraction of sp³-hybridized carbons (Fsp3) is 0.278. The molecule has 0 saturated carbocycles. The number of hydrogen-bond acceptors (Lipinski definition) is 5. The van der Waals surface area contributed by atoms with Crippen molar-refractivity contribution in [3.63, 3.8) is 0 Å². The lowest BCUT2D eigenvalue weighted by Crippen LogP contribution is -2.23. The Bertz CT molecular complexity index is 1760. The van der Waals surface area contributed by atoms with Gasteiger partial charge in [-0.25, -0.2) is 0 Å². The Labute approximate surface area is 282 Å². The van der Waals surface area contributed by atoms with Crippen LogP contribution in [0.1, 0.15) is 79.7 Å². The molecule has 4 heterocycles. The molecular weight excluding hydrogens is 694 g/mol. The Morgan fingerprint density at radius 3 is 1.60 bits per heavy atom. The predicted octanol–water partition coefficient (Wildman–Crippen LogP) is 8.29. The molecule has 4 aliphatic rings. The van der Waals surface area contributed by atoms with Gasteiger partial charge in [-0.15, -0.1) is 0 Å². The van der Waals surface area contributed by atoms with Crippen LogP contribution in [0.25, 0.3) is 0 Å². The topological polar surface area (TPSA) is 85.1 Å². The minimum atomic E-state index is -2.88. The number of ether oxygens (including phenoxy) is 2. The van der Waals surface area contributed by atoms with Gasteiger partial charge in [0.05, 0.1) is 12.1 Å². The highest BCUT2D eigenvalue weighted by Gasteiger charge is 2.48. The van der Waals surface area contributed by atoms with Crippen LogP contribution < -0.4 is 15.2 Å². The van der Waals surface area contributed by atoms with Crippen LogP contribution in [0.2, 0.25) is 0 Å². The number of hydrogen-bond donors (Lipinski definition) is 1. The van der Waals surface area contributed by atoms with Crippen LogP contribution in [0.5, 0.6) is 11.5 Å². The molecule has 4 aliphatic heterocycles. The molecule has 8 rings (SSSR count). The molecule has 4 atom stereocenters. The van der Waals surface area contributed by atoms with Gasteiger partial charge in [-0.3, -0.25) is 9.59 Å². The van der Waals surface area contributed by atoms with E-state index in [0.717, 1.165) is 27.6 Å². The van der Waals surface area contributed by atoms with Crippen molar-refractivity contribution in [1.82, 2.24) is 9.80 Å². The van der Waals surface area contributed by atoms with Crippen molar-refractivity contribution < 1.29 is 36.6 Å². The van der Waals surface area contributed by atoms with Crippen LogP contribution in [-0.4, -0.2) is 47.9 Å². The quantitative estimate of drug-likeness (QED) is 0.160. The molecule has 248 valence electrons. The lowest BCUT2D eigenvalue weighted by Gasteiger charge is -2.23. The first-order valence-corrected chi connectivity index (χ1v) is 16.3. The third-order valence-corrected chi connectivity index (χ3v) is 10.1. The van der Waals surface area contributed by atoms with Crippen molar-refractivity contribution in [3.8, 4) is 11.5 Å². The summed E-state index contributed by atoms with van der Waals surface area (Å²) >= 11 is 3.45. The minimum Gasteiger partial charge on any atom is -0.435 e. The van der Waals surface area contributed by atoms with E-state index < -0.39 is 13.2 Å². The molecule has 2 fully saturated rings. The summed E-state index contributed by atoms with van der Waals surface area (Å²) in [4.78, 5) is 28.8. The predicted molar refractivity (Wildman–Crippen MR) is 173 cm³/mol. The number of rotatable bonds is 6. The van der Waals surface area contributed by atoms with Gasteiger partial charge in [-0.05, 0) is 83.6 Å². The average molecular weight is 725 g/mol. The summed E-state index contributed by atoms with van der Waals surface area (Å²) in [5, 5.41) is 0. The number of alkyl halides is 4. The number of nitrogens with two attached hydrogens (primary N) is 1. The molecule has 0 radical (unpaired) electrons. The number of fused-ring (bicyclic) bond motifs is 6. The number of carbonyl (C=O) groups is 2. The van der Waals surface area contributed by atoms with E-state index in [1.165, 1.54) is 0 Å². The standard InChI is InChI=1S/C18H14BrF2NO2.C18H16F2N2O2/c19-10-5-6-13-14(9-10)16-12(7-8-22(16)17(13)23)11-3-1-2-4-15(11)24-18(20)21;19-18(20)24-15-4-2-1-3-11(15)12-7-8-22-16(12)14-9-10(21)5-6-13(14)17(22)23/h1-6,9,12,16,18H,7-8H2;1-6,9,12,16,18H,7-8,21H2/t12-,16-;/m1./s1. The van der Waals surface area contributed by atoms with Gasteiger partial charge in [0.2, 0.25) is 0 Å². The SMILES string of the molecule is Nc1ccc2c(c1)C1C(c3ccccc3OC(F)F)CCN1C2=O.O=C1c2ccc(Br)cc2[C@H]2[C@@H](c3ccccc3OC(F)F)CCN12. The maximum absolute atomic E-state index is 12.7. The molecule has 0 bridgehead atoms. The van der Waals surface area contributed by atoms with Crippen molar-refractivity contribution in [2.75, 3.05) is 18.8 Å². The monoisotopic (exact) mass is 723 g/mol. The molecule has 2 saturated heterocycles. The molecule has 12 heteroatoms. The highest BCUT2D eigenvalue weighted by molar-refractivity contribution is 9.10. The van der Waals surface area contributed by atoms with E-state index in [1.54, 1.807) is 53.4 Å². The fourth-order valence-corrected chi connectivity index (χ4v) is 8.12. The zero-order valence-corrected chi connectivity index (χ0v) is 27.0. The number of carbonyl (C=O) groups excluding carboxylic acids is 2. The number of halogens is 5. The third kappa shape index (κ3) is 5.65. The zero-order valence-electron chi connectivity index (χ0n) is 25.4. The van der Waals surface area contributed by atoms with Crippen LogP contribution in [0.3, 0.4) is 0 Å². The number of para-hydroxylation sites is 2. The van der Waals surface area contributed by atoms with Gasteiger partial charge in [0.1, 0.15) is 11.5 Å². The van der Waals surface area contributed by atoms with Crippen LogP contribution in [-0.2, 0) is 0 Å². The molecule has 2 amide bonds. The third-order valence-electron chi connectivity index (χ3n) is 9.57. The van der Waals surface area contributed by atoms with Gasteiger partial charge in [0.15, 0.2) is 0 Å². The van der Waals surface area contributed by atoms with Gasteiger partial charge in [0.25, 0.3) is 11.8 Å². The summed E-state index contributed by atoms with van der Waals surface area (Å²) in [5.41, 5.74) is 11.1. The second-order valence-corrected chi connectivity index (χ2v) is 13.0. The van der Waals surface area contributed by atoms with E-state index in [4.69, 9.17) is 10.5 Å². The second-order valence-electron chi connectivity index (χ2n) is 12.1. The van der Waals surface area contributed by atoms with E-state index in [0.29, 0.717) is 41.9 Å². The van der Waals surface area contributed by atoms with Gasteiger partial charge in [0, 0.05) is 46.2 Å². The van der Waals surface area contributed by atoms with Crippen LogP contribution in [0, 0.1) is 0 Å². The normalized spacial score (nSPS) is 22.0. The highest BCUT2D eigenvalue weighted by Crippen LogP contribution is 2.53. The molecule has 2 unspecified atom stereocenters. The fourth-order valence-electron chi connectivity index (χ4n) is 7.74. The number of nitrogen functional groups attached to an aromatic ring is 1. The van der Waals surface area contributed by atoms with Crippen molar-refractivity contribution in [1.29, 1.82) is 0 Å². The van der Waals surface area contributed by atoms with E-state index in [9.17, 15) is 27.2 Å². The maximum Gasteiger partial charge on any atom is 0.387 e. The summed E-state index contributed by atoms with van der Waals surface area (Å²) in [6, 6.07) is 24.2. The highest BCUT2D eigenvalue weighted by atomic mass is 79.9. The molecule has 7 nitrogen and oxygen atoms in total. The summed E-state index contributed by atoms with van der Waals surface area (Å²) in [6.07, 6.45) is 1.43. The first-order chi connectivity index (χ1) is 23.1. The van der Waals surface area contributed by atoms with Crippen molar-refractivity contribution in [3.05, 3.63) is 123 Å². The Balaban J connectivity index is 0.000000152. The van der Waals surface area contributed by atoms with Crippen molar-refractivity contribution >= 4 is 33.4 Å². The van der Waals surface area contributed by atoms with Gasteiger partial charge < -0.3 is 25.0 Å². The molecule has 4 aromatic carbocycles. The molecular formula is C36H30BrF4N3O4. The second kappa shape index (κ2) is 12.8. The van der Waals surface area contributed by atoms with Crippen LogP contribution in [0.4, 0.5) is 23.2 Å². The van der Waals surface area contributed by atoms with Gasteiger partial charge in [-0.2, -0.15) is 17.6 Å². The molecule has 0 aliphatic carbocycles. The molecule has 0 aromatic heterocycles. The summed E-state index contributed by atoms with van der Waals surface area (Å²) in [5.74, 6) is 0.202. The Morgan fingerprint density at radius 1 is 0.646 bits per heavy atom. The Kier molecular flexibility index (Phi) is 8.53. The van der Waals surface area contributed by atoms with Gasteiger partial charge >= 0.3 is 13.2 Å². The smallest absolute Gasteiger partial charge is 0.387 e. The Hall–Kier alpha value is -4.58. The lowest BCUT2D eigenvalue weighted by atomic mass is 9.87.